The molecular formula is C12H10ClN3OS. The number of aromatic amines is 1. The third kappa shape index (κ3) is 1.68. The van der Waals surface area contributed by atoms with Crippen LogP contribution in [0.5, 0.6) is 0 Å². The van der Waals surface area contributed by atoms with E-state index in [9.17, 15) is 5.11 Å². The van der Waals surface area contributed by atoms with Crippen molar-refractivity contribution in [2.45, 2.75) is 6.61 Å². The van der Waals surface area contributed by atoms with Gasteiger partial charge in [-0.3, -0.25) is 0 Å². The number of hydrogen-bond donors (Lipinski definition) is 3. The molecule has 0 saturated carbocycles. The molecule has 0 amide bonds. The molecule has 2 aromatic heterocycles. The first-order valence-corrected chi connectivity index (χ1v) is 6.57. The van der Waals surface area contributed by atoms with Gasteiger partial charge in [0.15, 0.2) is 5.13 Å². The minimum atomic E-state index is -0.0994. The summed E-state index contributed by atoms with van der Waals surface area (Å²) in [6.45, 7) is -0.0994. The summed E-state index contributed by atoms with van der Waals surface area (Å²) in [7, 11) is 0. The van der Waals surface area contributed by atoms with Gasteiger partial charge >= 0.3 is 0 Å². The van der Waals surface area contributed by atoms with Gasteiger partial charge in [0.2, 0.25) is 0 Å². The minimum Gasteiger partial charge on any atom is -0.390 e. The maximum absolute atomic E-state index is 9.45. The molecule has 18 heavy (non-hydrogen) atoms. The van der Waals surface area contributed by atoms with Crippen molar-refractivity contribution in [3.8, 4) is 11.3 Å². The van der Waals surface area contributed by atoms with Gasteiger partial charge in [-0.15, -0.1) is 11.3 Å². The van der Waals surface area contributed by atoms with E-state index in [2.05, 4.69) is 9.97 Å². The summed E-state index contributed by atoms with van der Waals surface area (Å²) >= 11 is 7.60. The number of aromatic nitrogens is 2. The molecule has 0 radical (unpaired) electrons. The third-order valence-corrected chi connectivity index (χ3v) is 3.78. The number of nitrogens with two attached hydrogens (primary N) is 1. The van der Waals surface area contributed by atoms with Crippen molar-refractivity contribution < 1.29 is 5.11 Å². The highest BCUT2D eigenvalue weighted by atomic mass is 35.5. The Labute approximate surface area is 112 Å². The quantitative estimate of drug-likeness (QED) is 0.675. The van der Waals surface area contributed by atoms with Crippen LogP contribution in [0.4, 0.5) is 5.13 Å². The Hall–Kier alpha value is -1.56. The smallest absolute Gasteiger partial charge is 0.180 e. The predicted octanol–water partition coefficient (Wildman–Crippen LogP) is 3.02. The van der Waals surface area contributed by atoms with Crippen molar-refractivity contribution >= 4 is 39.0 Å². The van der Waals surface area contributed by atoms with Gasteiger partial charge in [0.1, 0.15) is 0 Å². The summed E-state index contributed by atoms with van der Waals surface area (Å²) in [5.41, 5.74) is 8.80. The number of aliphatic hydroxyl groups is 1. The molecule has 1 aromatic carbocycles. The zero-order chi connectivity index (χ0) is 12.7. The summed E-state index contributed by atoms with van der Waals surface area (Å²) in [6.07, 6.45) is 0. The van der Waals surface area contributed by atoms with Gasteiger partial charge in [0.05, 0.1) is 23.0 Å². The van der Waals surface area contributed by atoms with E-state index in [4.69, 9.17) is 17.3 Å². The predicted molar refractivity (Wildman–Crippen MR) is 74.8 cm³/mol. The first-order valence-electron chi connectivity index (χ1n) is 5.32. The van der Waals surface area contributed by atoms with E-state index < -0.39 is 0 Å². The number of H-pyrrole nitrogens is 1. The van der Waals surface area contributed by atoms with Crippen LogP contribution < -0.4 is 5.73 Å². The van der Waals surface area contributed by atoms with Crippen LogP contribution in [-0.4, -0.2) is 15.1 Å². The van der Waals surface area contributed by atoms with E-state index in [0.717, 1.165) is 22.2 Å². The maximum Gasteiger partial charge on any atom is 0.180 e. The summed E-state index contributed by atoms with van der Waals surface area (Å²) in [6, 6.07) is 5.60. The molecule has 0 aliphatic heterocycles. The Morgan fingerprint density at radius 2 is 2.28 bits per heavy atom. The van der Waals surface area contributed by atoms with Crippen LogP contribution in [0.25, 0.3) is 22.2 Å². The van der Waals surface area contributed by atoms with Gasteiger partial charge in [-0.05, 0) is 12.1 Å². The van der Waals surface area contributed by atoms with Gasteiger partial charge in [-0.2, -0.15) is 0 Å². The van der Waals surface area contributed by atoms with Crippen LogP contribution in [0.2, 0.25) is 5.02 Å². The lowest BCUT2D eigenvalue weighted by molar-refractivity contribution is 0.278. The summed E-state index contributed by atoms with van der Waals surface area (Å²) in [5.74, 6) is 0. The largest absolute Gasteiger partial charge is 0.390 e. The molecule has 92 valence electrons. The molecule has 0 spiro atoms. The van der Waals surface area contributed by atoms with Crippen molar-refractivity contribution in [1.29, 1.82) is 0 Å². The number of nitrogen functional groups attached to an aromatic ring is 1. The standard InChI is InChI=1S/C12H10ClN3OS/c13-6-2-1-3-7-10(6)11(8(4-17)15-7)9-5-18-12(14)16-9/h1-3,5,15,17H,4H2,(H2,14,16). The number of nitrogens with one attached hydrogen (secondary N) is 1. The molecular weight excluding hydrogens is 270 g/mol. The van der Waals surface area contributed by atoms with Crippen LogP contribution in [0, 0.1) is 0 Å². The van der Waals surface area contributed by atoms with E-state index in [1.807, 2.05) is 23.6 Å². The Balaban J connectivity index is 2.38. The number of thiazole rings is 1. The number of anilines is 1. The SMILES string of the molecule is Nc1nc(-c2c(CO)[nH]c3cccc(Cl)c23)cs1. The molecule has 6 heteroatoms. The van der Waals surface area contributed by atoms with E-state index in [1.54, 1.807) is 0 Å². The van der Waals surface area contributed by atoms with Gasteiger partial charge < -0.3 is 15.8 Å². The molecule has 3 aromatic rings. The first kappa shape index (κ1) is 11.5. The molecule has 4 nitrogen and oxygen atoms in total. The number of benzene rings is 1. The molecule has 0 unspecified atom stereocenters. The molecule has 0 aliphatic carbocycles. The zero-order valence-electron chi connectivity index (χ0n) is 9.27. The number of halogens is 1. The van der Waals surface area contributed by atoms with E-state index in [0.29, 0.717) is 15.8 Å². The third-order valence-electron chi connectivity index (χ3n) is 2.79. The molecule has 0 saturated heterocycles. The number of fused-ring (bicyclic) bond motifs is 1. The fraction of sp³-hybridized carbons (Fsp3) is 0.0833. The molecule has 0 bridgehead atoms. The molecule has 0 fully saturated rings. The second-order valence-electron chi connectivity index (χ2n) is 3.87. The zero-order valence-corrected chi connectivity index (χ0v) is 10.8. The van der Waals surface area contributed by atoms with Crippen LogP contribution in [-0.2, 0) is 6.61 Å². The molecule has 0 aliphatic rings. The monoisotopic (exact) mass is 279 g/mol. The van der Waals surface area contributed by atoms with E-state index in [1.165, 1.54) is 11.3 Å². The summed E-state index contributed by atoms with van der Waals surface area (Å²) < 4.78 is 0. The Morgan fingerprint density at radius 1 is 1.44 bits per heavy atom. The molecule has 4 N–H and O–H groups in total. The lowest BCUT2D eigenvalue weighted by Gasteiger charge is -1.99. The number of nitrogens with zero attached hydrogens (tertiary/aromatic N) is 1. The Bertz CT molecular complexity index is 719. The van der Waals surface area contributed by atoms with Crippen LogP contribution in [0.1, 0.15) is 5.69 Å². The van der Waals surface area contributed by atoms with Gasteiger partial charge in [0, 0.05) is 21.8 Å². The van der Waals surface area contributed by atoms with Crippen LogP contribution in [0.3, 0.4) is 0 Å². The highest BCUT2D eigenvalue weighted by Crippen LogP contribution is 2.37. The molecule has 2 heterocycles. The van der Waals surface area contributed by atoms with Crippen molar-refractivity contribution in [3.63, 3.8) is 0 Å². The topological polar surface area (TPSA) is 74.9 Å². The lowest BCUT2D eigenvalue weighted by Crippen LogP contribution is -1.88. The average Bonchev–Trinajstić information content (AvgIpc) is 2.92. The van der Waals surface area contributed by atoms with E-state index in [-0.39, 0.29) is 6.61 Å². The van der Waals surface area contributed by atoms with Gasteiger partial charge in [0.25, 0.3) is 0 Å². The Morgan fingerprint density at radius 3 is 2.94 bits per heavy atom. The van der Waals surface area contributed by atoms with Crippen LogP contribution in [0.15, 0.2) is 23.6 Å². The van der Waals surface area contributed by atoms with Gasteiger partial charge in [-0.25, -0.2) is 4.98 Å². The first-order chi connectivity index (χ1) is 8.70. The normalized spacial score (nSPS) is 11.2. The lowest BCUT2D eigenvalue weighted by atomic mass is 10.1. The summed E-state index contributed by atoms with van der Waals surface area (Å²) in [5, 5.41) is 13.3. The molecule has 0 atom stereocenters. The average molecular weight is 280 g/mol. The summed E-state index contributed by atoms with van der Waals surface area (Å²) in [4.78, 5) is 7.41. The van der Waals surface area contributed by atoms with Crippen molar-refractivity contribution in [2.24, 2.45) is 0 Å². The molecule has 3 rings (SSSR count). The van der Waals surface area contributed by atoms with Crippen molar-refractivity contribution in [3.05, 3.63) is 34.3 Å². The number of rotatable bonds is 2. The highest BCUT2D eigenvalue weighted by Gasteiger charge is 2.17. The minimum absolute atomic E-state index is 0.0994. The Kier molecular flexibility index (Phi) is 2.74. The highest BCUT2D eigenvalue weighted by molar-refractivity contribution is 7.13. The van der Waals surface area contributed by atoms with Gasteiger partial charge in [-0.1, -0.05) is 17.7 Å². The number of hydrogen-bond acceptors (Lipinski definition) is 4. The maximum atomic E-state index is 9.45. The second kappa shape index (κ2) is 4.28. The van der Waals surface area contributed by atoms with Crippen molar-refractivity contribution in [1.82, 2.24) is 9.97 Å². The van der Waals surface area contributed by atoms with E-state index >= 15 is 0 Å². The fourth-order valence-electron chi connectivity index (χ4n) is 2.06. The second-order valence-corrected chi connectivity index (χ2v) is 5.17. The van der Waals surface area contributed by atoms with Crippen LogP contribution >= 0.6 is 22.9 Å². The fourth-order valence-corrected chi connectivity index (χ4v) is 2.89. The van der Waals surface area contributed by atoms with Crippen molar-refractivity contribution in [2.75, 3.05) is 5.73 Å². The number of aliphatic hydroxyl groups excluding tert-OH is 1.